The zero-order chi connectivity index (χ0) is 14.5. The van der Waals surface area contributed by atoms with Crippen LogP contribution in [0.2, 0.25) is 0 Å². The minimum atomic E-state index is 0.391. The van der Waals surface area contributed by atoms with Crippen molar-refractivity contribution in [2.24, 2.45) is 0 Å². The molecule has 3 rings (SSSR count). The van der Waals surface area contributed by atoms with Gasteiger partial charge in [0.05, 0.1) is 18.8 Å². The monoisotopic (exact) mass is 284 g/mol. The van der Waals surface area contributed by atoms with Gasteiger partial charge in [0.2, 0.25) is 0 Å². The molecule has 110 valence electrons. The zero-order valence-electron chi connectivity index (χ0n) is 12.3. The number of rotatable bonds is 4. The van der Waals surface area contributed by atoms with E-state index in [-0.39, 0.29) is 0 Å². The minimum absolute atomic E-state index is 0.391. The summed E-state index contributed by atoms with van der Waals surface area (Å²) in [5.41, 5.74) is 2.27. The molecule has 1 fully saturated rings. The van der Waals surface area contributed by atoms with Crippen LogP contribution in [0, 0.1) is 0 Å². The van der Waals surface area contributed by atoms with E-state index < -0.39 is 0 Å². The molecular weight excluding hydrogens is 264 g/mol. The van der Waals surface area contributed by atoms with E-state index in [1.165, 1.54) is 12.8 Å². The Labute approximate surface area is 125 Å². The van der Waals surface area contributed by atoms with Crippen LogP contribution >= 0.6 is 0 Å². The van der Waals surface area contributed by atoms with Gasteiger partial charge in [-0.3, -0.25) is 9.88 Å². The number of hydrogen-bond acceptors (Lipinski definition) is 5. The molecule has 0 saturated carbocycles. The standard InChI is InChI=1S/C16H20N4O/c1-21-16-18-10-13(11-19-16)12-20-9-5-3-7-15(20)14-6-2-4-8-17-14/h2,4,6,8,10-11,15H,3,5,7,9,12H2,1H3. The summed E-state index contributed by atoms with van der Waals surface area (Å²) in [5, 5.41) is 0. The van der Waals surface area contributed by atoms with Crippen LogP contribution in [0.3, 0.4) is 0 Å². The van der Waals surface area contributed by atoms with Gasteiger partial charge >= 0.3 is 6.01 Å². The number of piperidine rings is 1. The van der Waals surface area contributed by atoms with Crippen LogP contribution < -0.4 is 4.74 Å². The third kappa shape index (κ3) is 3.36. The van der Waals surface area contributed by atoms with E-state index in [2.05, 4.69) is 32.0 Å². The van der Waals surface area contributed by atoms with Crippen LogP contribution in [0.25, 0.3) is 0 Å². The Kier molecular flexibility index (Phi) is 4.40. The van der Waals surface area contributed by atoms with Crippen molar-refractivity contribution in [3.63, 3.8) is 0 Å². The highest BCUT2D eigenvalue weighted by atomic mass is 16.5. The van der Waals surface area contributed by atoms with Crippen molar-refractivity contribution >= 4 is 0 Å². The summed E-state index contributed by atoms with van der Waals surface area (Å²) in [6, 6.07) is 6.95. The van der Waals surface area contributed by atoms with Crippen LogP contribution in [0.5, 0.6) is 6.01 Å². The van der Waals surface area contributed by atoms with E-state index in [0.717, 1.165) is 30.8 Å². The van der Waals surface area contributed by atoms with Crippen molar-refractivity contribution in [3.8, 4) is 6.01 Å². The van der Waals surface area contributed by atoms with Gasteiger partial charge in [0.25, 0.3) is 0 Å². The molecule has 1 aliphatic rings. The Morgan fingerprint density at radius 2 is 2.05 bits per heavy atom. The molecular formula is C16H20N4O. The molecule has 5 heteroatoms. The van der Waals surface area contributed by atoms with Gasteiger partial charge in [-0.05, 0) is 31.5 Å². The molecule has 1 aliphatic heterocycles. The summed E-state index contributed by atoms with van der Waals surface area (Å²) >= 11 is 0. The van der Waals surface area contributed by atoms with Gasteiger partial charge in [-0.25, -0.2) is 9.97 Å². The predicted octanol–water partition coefficient (Wildman–Crippen LogP) is 2.61. The minimum Gasteiger partial charge on any atom is -0.467 e. The Bertz CT molecular complexity index is 558. The molecule has 1 unspecified atom stereocenters. The Morgan fingerprint density at radius 3 is 2.76 bits per heavy atom. The zero-order valence-corrected chi connectivity index (χ0v) is 12.3. The van der Waals surface area contributed by atoms with Crippen LogP contribution in [-0.2, 0) is 6.54 Å². The maximum atomic E-state index is 5.00. The Hall–Kier alpha value is -2.01. The molecule has 2 aromatic heterocycles. The highest BCUT2D eigenvalue weighted by Gasteiger charge is 2.24. The number of aromatic nitrogens is 3. The SMILES string of the molecule is COc1ncc(CN2CCCCC2c2ccccn2)cn1. The molecule has 1 saturated heterocycles. The lowest BCUT2D eigenvalue weighted by Crippen LogP contribution is -2.33. The summed E-state index contributed by atoms with van der Waals surface area (Å²) in [6.45, 7) is 1.94. The van der Waals surface area contributed by atoms with Gasteiger partial charge in [-0.1, -0.05) is 12.5 Å². The molecule has 0 amide bonds. The van der Waals surface area contributed by atoms with Crippen LogP contribution in [0.4, 0.5) is 0 Å². The molecule has 0 N–H and O–H groups in total. The molecule has 0 aliphatic carbocycles. The van der Waals surface area contributed by atoms with Crippen molar-refractivity contribution < 1.29 is 4.74 Å². The molecule has 1 atom stereocenters. The van der Waals surface area contributed by atoms with Gasteiger partial charge in [-0.2, -0.15) is 0 Å². The molecule has 5 nitrogen and oxygen atoms in total. The highest BCUT2D eigenvalue weighted by molar-refractivity contribution is 5.12. The van der Waals surface area contributed by atoms with Crippen molar-refractivity contribution in [1.29, 1.82) is 0 Å². The second-order valence-electron chi connectivity index (χ2n) is 5.31. The third-order valence-corrected chi connectivity index (χ3v) is 3.89. The number of hydrogen-bond donors (Lipinski definition) is 0. The fraction of sp³-hybridized carbons (Fsp3) is 0.438. The quantitative estimate of drug-likeness (QED) is 0.863. The van der Waals surface area contributed by atoms with Crippen LogP contribution in [0.1, 0.15) is 36.6 Å². The van der Waals surface area contributed by atoms with E-state index in [4.69, 9.17) is 4.74 Å². The lowest BCUT2D eigenvalue weighted by molar-refractivity contribution is 0.137. The van der Waals surface area contributed by atoms with Gasteiger partial charge in [0.1, 0.15) is 0 Å². The molecule has 0 aromatic carbocycles. The van der Waals surface area contributed by atoms with E-state index in [0.29, 0.717) is 12.1 Å². The average Bonchev–Trinajstić information content (AvgIpc) is 2.57. The maximum absolute atomic E-state index is 5.00. The second-order valence-corrected chi connectivity index (χ2v) is 5.31. The molecule has 2 aromatic rings. The average molecular weight is 284 g/mol. The number of ether oxygens (including phenoxy) is 1. The summed E-state index contributed by atoms with van der Waals surface area (Å²) in [6.07, 6.45) is 9.22. The second kappa shape index (κ2) is 6.63. The number of pyridine rings is 1. The lowest BCUT2D eigenvalue weighted by Gasteiger charge is -2.35. The molecule has 0 radical (unpaired) electrons. The molecule has 3 heterocycles. The smallest absolute Gasteiger partial charge is 0.316 e. The first kappa shape index (κ1) is 13.9. The predicted molar refractivity (Wildman–Crippen MR) is 79.8 cm³/mol. The van der Waals surface area contributed by atoms with Crippen molar-refractivity contribution in [1.82, 2.24) is 19.9 Å². The van der Waals surface area contributed by atoms with Crippen molar-refractivity contribution in [2.75, 3.05) is 13.7 Å². The summed E-state index contributed by atoms with van der Waals surface area (Å²) in [5.74, 6) is 0. The van der Waals surface area contributed by atoms with Crippen LogP contribution in [-0.4, -0.2) is 33.5 Å². The van der Waals surface area contributed by atoms with Crippen LogP contribution in [0.15, 0.2) is 36.8 Å². The summed E-state index contributed by atoms with van der Waals surface area (Å²) in [7, 11) is 1.58. The maximum Gasteiger partial charge on any atom is 0.316 e. The van der Waals surface area contributed by atoms with E-state index in [9.17, 15) is 0 Å². The topological polar surface area (TPSA) is 51.1 Å². The first-order valence-corrected chi connectivity index (χ1v) is 7.36. The normalized spacial score (nSPS) is 19.4. The first-order chi connectivity index (χ1) is 10.4. The fourth-order valence-electron chi connectivity index (χ4n) is 2.85. The van der Waals surface area contributed by atoms with Gasteiger partial charge in [0.15, 0.2) is 0 Å². The molecule has 0 spiro atoms. The first-order valence-electron chi connectivity index (χ1n) is 7.36. The van der Waals surface area contributed by atoms with Crippen molar-refractivity contribution in [3.05, 3.63) is 48.0 Å². The highest BCUT2D eigenvalue weighted by Crippen LogP contribution is 2.30. The van der Waals surface area contributed by atoms with Gasteiger partial charge in [-0.15, -0.1) is 0 Å². The molecule has 0 bridgehead atoms. The van der Waals surface area contributed by atoms with E-state index in [1.54, 1.807) is 7.11 Å². The van der Waals surface area contributed by atoms with E-state index >= 15 is 0 Å². The van der Waals surface area contributed by atoms with Gasteiger partial charge < -0.3 is 4.74 Å². The summed E-state index contributed by atoms with van der Waals surface area (Å²) in [4.78, 5) is 15.4. The Morgan fingerprint density at radius 1 is 1.19 bits per heavy atom. The summed E-state index contributed by atoms with van der Waals surface area (Å²) < 4.78 is 5.00. The third-order valence-electron chi connectivity index (χ3n) is 3.89. The number of methoxy groups -OCH3 is 1. The number of likely N-dealkylation sites (tertiary alicyclic amines) is 1. The largest absolute Gasteiger partial charge is 0.467 e. The Balaban J connectivity index is 1.75. The fourth-order valence-corrected chi connectivity index (χ4v) is 2.85. The van der Waals surface area contributed by atoms with Gasteiger partial charge in [0, 0.05) is 30.7 Å². The molecule has 21 heavy (non-hydrogen) atoms. The lowest BCUT2D eigenvalue weighted by atomic mass is 9.98. The number of nitrogens with zero attached hydrogens (tertiary/aromatic N) is 4. The van der Waals surface area contributed by atoms with Crippen molar-refractivity contribution in [2.45, 2.75) is 31.8 Å². The van der Waals surface area contributed by atoms with E-state index in [1.807, 2.05) is 24.7 Å².